The molecule has 0 saturated heterocycles. The van der Waals surface area contributed by atoms with Crippen molar-refractivity contribution >= 4 is 23.4 Å². The molecule has 1 aromatic heterocycles. The van der Waals surface area contributed by atoms with E-state index >= 15 is 0 Å². The maximum absolute atomic E-state index is 12.7. The second-order valence-electron chi connectivity index (χ2n) is 5.69. The number of aromatic nitrogens is 2. The van der Waals surface area contributed by atoms with Crippen LogP contribution < -0.4 is 21.9 Å². The summed E-state index contributed by atoms with van der Waals surface area (Å²) in [5.74, 6) is 0.151. The molecule has 0 spiro atoms. The second-order valence-corrected chi connectivity index (χ2v) is 5.69. The first-order chi connectivity index (χ1) is 13.3. The molecule has 1 heterocycles. The lowest BCUT2D eigenvalue weighted by Crippen LogP contribution is -2.33. The lowest BCUT2D eigenvalue weighted by atomic mass is 10.1. The van der Waals surface area contributed by atoms with Crippen LogP contribution >= 0.6 is 0 Å². The Hall–Kier alpha value is -3.82. The lowest BCUT2D eigenvalue weighted by molar-refractivity contribution is -0.137. The number of hydrogen-bond donors (Lipinski definition) is 4. The van der Waals surface area contributed by atoms with Crippen molar-refractivity contribution in [3.63, 3.8) is 0 Å². The molecule has 10 heteroatoms. The molecular formula is C18H15F3N6O. The van der Waals surface area contributed by atoms with Crippen molar-refractivity contribution in [2.24, 2.45) is 0 Å². The van der Waals surface area contributed by atoms with Crippen LogP contribution in [-0.4, -0.2) is 16.0 Å². The van der Waals surface area contributed by atoms with E-state index in [1.54, 1.807) is 36.7 Å². The highest BCUT2D eigenvalue weighted by Crippen LogP contribution is 2.30. The number of alkyl halides is 3. The molecule has 3 rings (SSSR count). The third-order valence-electron chi connectivity index (χ3n) is 3.64. The molecule has 0 aliphatic carbocycles. The summed E-state index contributed by atoms with van der Waals surface area (Å²) in [6.07, 6.45) is -1.36. The number of anilines is 3. The number of hydrogen-bond acceptors (Lipinski definition) is 5. The number of carbonyl (C=O) groups excluding carboxylic acids is 1. The number of urea groups is 1. The van der Waals surface area contributed by atoms with Crippen molar-refractivity contribution in [3.8, 4) is 11.1 Å². The average molecular weight is 388 g/mol. The van der Waals surface area contributed by atoms with Gasteiger partial charge in [-0.05, 0) is 35.9 Å². The Kier molecular flexibility index (Phi) is 5.30. The number of nitrogens with zero attached hydrogens (tertiary/aromatic N) is 2. The SMILES string of the molecule is Nc1ncc(-c2cccc(NC(=O)NNc3cccc(C(F)(F)F)c3)c2)cn1. The fourth-order valence-corrected chi connectivity index (χ4v) is 2.33. The molecule has 144 valence electrons. The van der Waals surface area contributed by atoms with Crippen LogP contribution in [0, 0.1) is 0 Å². The molecule has 2 aromatic carbocycles. The van der Waals surface area contributed by atoms with E-state index in [-0.39, 0.29) is 11.6 Å². The molecule has 3 aromatic rings. The minimum absolute atomic E-state index is 0.0951. The summed E-state index contributed by atoms with van der Waals surface area (Å²) in [5.41, 5.74) is 11.4. The van der Waals surface area contributed by atoms with Gasteiger partial charge in [0.1, 0.15) is 0 Å². The Balaban J connectivity index is 1.62. The molecule has 0 radical (unpaired) electrons. The van der Waals surface area contributed by atoms with Crippen LogP contribution in [0.5, 0.6) is 0 Å². The van der Waals surface area contributed by atoms with E-state index in [9.17, 15) is 18.0 Å². The number of nitrogens with two attached hydrogens (primary N) is 1. The zero-order valence-electron chi connectivity index (χ0n) is 14.3. The minimum Gasteiger partial charge on any atom is -0.368 e. The van der Waals surface area contributed by atoms with E-state index in [1.165, 1.54) is 12.1 Å². The van der Waals surface area contributed by atoms with Crippen LogP contribution in [0.3, 0.4) is 0 Å². The molecule has 0 aliphatic rings. The van der Waals surface area contributed by atoms with Gasteiger partial charge in [0.15, 0.2) is 0 Å². The maximum Gasteiger partial charge on any atom is 0.416 e. The molecule has 0 atom stereocenters. The van der Waals surface area contributed by atoms with E-state index in [0.29, 0.717) is 11.3 Å². The zero-order chi connectivity index (χ0) is 20.1. The summed E-state index contributed by atoms with van der Waals surface area (Å²) in [6, 6.07) is 10.7. The second kappa shape index (κ2) is 7.82. The fraction of sp³-hybridized carbons (Fsp3) is 0.0556. The van der Waals surface area contributed by atoms with Crippen LogP contribution in [0.1, 0.15) is 5.56 Å². The normalized spacial score (nSPS) is 11.0. The smallest absolute Gasteiger partial charge is 0.368 e. The Morgan fingerprint density at radius 1 is 0.929 bits per heavy atom. The van der Waals surface area contributed by atoms with E-state index < -0.39 is 17.8 Å². The largest absolute Gasteiger partial charge is 0.416 e. The van der Waals surface area contributed by atoms with Crippen LogP contribution in [-0.2, 0) is 6.18 Å². The number of nitrogen functional groups attached to an aromatic ring is 1. The van der Waals surface area contributed by atoms with E-state index in [1.807, 2.05) is 0 Å². The molecule has 5 N–H and O–H groups in total. The van der Waals surface area contributed by atoms with Gasteiger partial charge in [0.05, 0.1) is 11.3 Å². The van der Waals surface area contributed by atoms with Crippen molar-refractivity contribution in [2.45, 2.75) is 6.18 Å². The molecule has 0 saturated carbocycles. The summed E-state index contributed by atoms with van der Waals surface area (Å²) in [5, 5.41) is 2.58. The Morgan fingerprint density at radius 3 is 2.32 bits per heavy atom. The number of rotatable bonds is 4. The molecule has 0 aliphatic heterocycles. The fourth-order valence-electron chi connectivity index (χ4n) is 2.33. The Bertz CT molecular complexity index is 976. The molecule has 0 bridgehead atoms. The number of hydrazine groups is 1. The number of benzene rings is 2. The van der Waals surface area contributed by atoms with Gasteiger partial charge in [-0.2, -0.15) is 13.2 Å². The van der Waals surface area contributed by atoms with Crippen LogP contribution in [0.25, 0.3) is 11.1 Å². The maximum atomic E-state index is 12.7. The molecule has 0 fully saturated rings. The van der Waals surface area contributed by atoms with Gasteiger partial charge < -0.3 is 11.1 Å². The Morgan fingerprint density at radius 2 is 1.61 bits per heavy atom. The van der Waals surface area contributed by atoms with E-state index in [0.717, 1.165) is 17.7 Å². The summed E-state index contributed by atoms with van der Waals surface area (Å²) < 4.78 is 38.1. The van der Waals surface area contributed by atoms with Crippen LogP contribution in [0.15, 0.2) is 60.9 Å². The highest BCUT2D eigenvalue weighted by Gasteiger charge is 2.30. The zero-order valence-corrected chi connectivity index (χ0v) is 14.3. The molecule has 2 amide bonds. The average Bonchev–Trinajstić information content (AvgIpc) is 2.67. The first-order valence-electron chi connectivity index (χ1n) is 7.99. The standard InChI is InChI=1S/C18H15F3N6O/c19-18(20,21)13-4-2-6-15(8-13)26-27-17(28)25-14-5-1-3-11(7-14)12-9-23-16(22)24-10-12/h1-10,26H,(H2,22,23,24)(H2,25,27,28). The van der Waals surface area contributed by atoms with Crippen LogP contribution in [0.2, 0.25) is 0 Å². The summed E-state index contributed by atoms with van der Waals surface area (Å²) in [4.78, 5) is 19.8. The van der Waals surface area contributed by atoms with Crippen LogP contribution in [0.4, 0.5) is 35.3 Å². The Labute approximate surface area is 157 Å². The molecular weight excluding hydrogens is 373 g/mol. The van der Waals surface area contributed by atoms with Crippen molar-refractivity contribution in [1.82, 2.24) is 15.4 Å². The van der Waals surface area contributed by atoms with Gasteiger partial charge in [0.25, 0.3) is 0 Å². The van der Waals surface area contributed by atoms with Crippen molar-refractivity contribution < 1.29 is 18.0 Å². The molecule has 7 nitrogen and oxygen atoms in total. The third-order valence-corrected chi connectivity index (χ3v) is 3.64. The summed E-state index contributed by atoms with van der Waals surface area (Å²) in [7, 11) is 0. The highest BCUT2D eigenvalue weighted by atomic mass is 19.4. The topological polar surface area (TPSA) is 105 Å². The predicted molar refractivity (Wildman–Crippen MR) is 99.1 cm³/mol. The van der Waals surface area contributed by atoms with Crippen molar-refractivity contribution in [1.29, 1.82) is 0 Å². The monoisotopic (exact) mass is 388 g/mol. The predicted octanol–water partition coefficient (Wildman–Crippen LogP) is 3.89. The highest BCUT2D eigenvalue weighted by molar-refractivity contribution is 5.90. The number of halogens is 3. The molecule has 0 unspecified atom stereocenters. The van der Waals surface area contributed by atoms with Crippen molar-refractivity contribution in [2.75, 3.05) is 16.5 Å². The van der Waals surface area contributed by atoms with Gasteiger partial charge >= 0.3 is 12.2 Å². The number of amides is 2. The minimum atomic E-state index is -4.47. The van der Waals surface area contributed by atoms with Crippen molar-refractivity contribution in [3.05, 3.63) is 66.5 Å². The van der Waals surface area contributed by atoms with Gasteiger partial charge in [0, 0.05) is 23.6 Å². The van der Waals surface area contributed by atoms with Gasteiger partial charge in [0.2, 0.25) is 5.95 Å². The lowest BCUT2D eigenvalue weighted by Gasteiger charge is -2.12. The van der Waals surface area contributed by atoms with E-state index in [4.69, 9.17) is 5.73 Å². The van der Waals surface area contributed by atoms with E-state index in [2.05, 4.69) is 26.1 Å². The first kappa shape index (κ1) is 19.0. The quantitative estimate of drug-likeness (QED) is 0.508. The molecule has 28 heavy (non-hydrogen) atoms. The third kappa shape index (κ3) is 4.87. The summed E-state index contributed by atoms with van der Waals surface area (Å²) >= 11 is 0. The number of nitrogens with one attached hydrogen (secondary N) is 3. The van der Waals surface area contributed by atoms with Gasteiger partial charge in [-0.3, -0.25) is 10.9 Å². The number of carbonyl (C=O) groups is 1. The first-order valence-corrected chi connectivity index (χ1v) is 7.99. The van der Waals surface area contributed by atoms with Gasteiger partial charge in [-0.25, -0.2) is 14.8 Å². The van der Waals surface area contributed by atoms with Gasteiger partial charge in [-0.1, -0.05) is 18.2 Å². The van der Waals surface area contributed by atoms with Gasteiger partial charge in [-0.15, -0.1) is 0 Å². The summed E-state index contributed by atoms with van der Waals surface area (Å²) in [6.45, 7) is 0.